The average Bonchev–Trinajstić information content (AvgIpc) is 3.01. The third-order valence-corrected chi connectivity index (χ3v) is 10.2. The Morgan fingerprint density at radius 1 is 0.609 bits per heavy atom. The van der Waals surface area contributed by atoms with Crippen LogP contribution in [0.2, 0.25) is 0 Å². The fourth-order valence-electron chi connectivity index (χ4n) is 7.14. The minimum Gasteiger partial charge on any atom is -0.378 e. The van der Waals surface area contributed by atoms with Crippen molar-refractivity contribution in [1.29, 1.82) is 0 Å². The van der Waals surface area contributed by atoms with E-state index in [1.54, 1.807) is 0 Å². The van der Waals surface area contributed by atoms with Crippen LogP contribution in [-0.4, -0.2) is 77.0 Å². The van der Waals surface area contributed by atoms with Gasteiger partial charge in [-0.25, -0.2) is 9.15 Å². The van der Waals surface area contributed by atoms with Crippen molar-refractivity contribution < 1.29 is 9.15 Å². The van der Waals surface area contributed by atoms with Crippen LogP contribution in [0.15, 0.2) is 95.1 Å². The van der Waals surface area contributed by atoms with E-state index in [-0.39, 0.29) is 10.8 Å². The summed E-state index contributed by atoms with van der Waals surface area (Å²) < 4.78 is 4.36. The maximum Gasteiger partial charge on any atom is 0.199 e. The van der Waals surface area contributed by atoms with Crippen molar-refractivity contribution in [3.8, 4) is 0 Å². The van der Waals surface area contributed by atoms with Crippen LogP contribution in [0.1, 0.15) is 63.3 Å². The van der Waals surface area contributed by atoms with E-state index in [0.29, 0.717) is 0 Å². The Balaban J connectivity index is 0.000000182. The molecule has 2 aromatic rings. The largest absolute Gasteiger partial charge is 0.378 e. The van der Waals surface area contributed by atoms with E-state index in [4.69, 9.17) is 0 Å². The highest BCUT2D eigenvalue weighted by Gasteiger charge is 2.38. The van der Waals surface area contributed by atoms with Crippen molar-refractivity contribution in [3.63, 3.8) is 0 Å². The van der Waals surface area contributed by atoms with Gasteiger partial charge in [0.1, 0.15) is 28.2 Å². The van der Waals surface area contributed by atoms with Crippen LogP contribution < -0.4 is 9.80 Å². The van der Waals surface area contributed by atoms with Crippen LogP contribution in [0.3, 0.4) is 0 Å². The van der Waals surface area contributed by atoms with Gasteiger partial charge in [0.25, 0.3) is 0 Å². The topological polar surface area (TPSA) is 12.5 Å². The molecule has 0 aromatic heterocycles. The molecule has 0 fully saturated rings. The van der Waals surface area contributed by atoms with Gasteiger partial charge in [0, 0.05) is 74.7 Å². The second kappa shape index (κ2) is 12.2. The first kappa shape index (κ1) is 33.2. The number of allylic oxidation sites excluding steroid dienone is 11. The summed E-state index contributed by atoms with van der Waals surface area (Å²) in [4.78, 5) is 4.36. The van der Waals surface area contributed by atoms with Gasteiger partial charge in [-0.1, -0.05) is 46.8 Å². The van der Waals surface area contributed by atoms with E-state index in [2.05, 4.69) is 189 Å². The molecule has 4 nitrogen and oxygen atoms in total. The van der Waals surface area contributed by atoms with Crippen LogP contribution in [0.5, 0.6) is 0 Å². The highest BCUT2D eigenvalue weighted by Crippen LogP contribution is 2.49. The minimum absolute atomic E-state index is 0.00137. The molecular formula is C42H54N4+2. The Kier molecular flexibility index (Phi) is 8.81. The molecule has 0 unspecified atom stereocenters. The van der Waals surface area contributed by atoms with Gasteiger partial charge in [-0.05, 0) is 99.0 Å². The Bertz CT molecular complexity index is 1830. The van der Waals surface area contributed by atoms with Crippen LogP contribution in [-0.2, 0) is 10.8 Å². The number of benzene rings is 2. The summed E-state index contributed by atoms with van der Waals surface area (Å²) in [7, 11) is 16.8. The van der Waals surface area contributed by atoms with Gasteiger partial charge in [0.05, 0.1) is 0 Å². The lowest BCUT2D eigenvalue weighted by Gasteiger charge is -2.39. The zero-order valence-corrected chi connectivity index (χ0v) is 30.5. The molecule has 0 saturated carbocycles. The summed E-state index contributed by atoms with van der Waals surface area (Å²) >= 11 is 0. The molecule has 0 atom stereocenters. The molecule has 2 aromatic carbocycles. The van der Waals surface area contributed by atoms with Crippen molar-refractivity contribution in [2.24, 2.45) is 0 Å². The van der Waals surface area contributed by atoms with Gasteiger partial charge in [-0.2, -0.15) is 0 Å². The Labute approximate surface area is 278 Å². The zero-order chi connectivity index (χ0) is 33.7. The van der Waals surface area contributed by atoms with Gasteiger partial charge in [-0.3, -0.25) is 0 Å². The molecule has 0 aliphatic heterocycles. The van der Waals surface area contributed by atoms with Crippen molar-refractivity contribution in [3.05, 3.63) is 117 Å². The molecule has 0 amide bonds. The Morgan fingerprint density at radius 2 is 1.13 bits per heavy atom. The van der Waals surface area contributed by atoms with Gasteiger partial charge >= 0.3 is 0 Å². The number of hydrogen-bond acceptors (Lipinski definition) is 2. The highest BCUT2D eigenvalue weighted by molar-refractivity contribution is 6.06. The average molecular weight is 615 g/mol. The second-order valence-electron chi connectivity index (χ2n) is 14.8. The van der Waals surface area contributed by atoms with Crippen molar-refractivity contribution in [2.75, 3.05) is 66.2 Å². The third-order valence-electron chi connectivity index (χ3n) is 10.2. The van der Waals surface area contributed by atoms with Crippen molar-refractivity contribution in [2.45, 2.75) is 51.9 Å². The lowest BCUT2D eigenvalue weighted by molar-refractivity contribution is -0.462. The molecule has 4 aliphatic rings. The summed E-state index contributed by atoms with van der Waals surface area (Å²) in [6.07, 6.45) is 17.1. The predicted molar refractivity (Wildman–Crippen MR) is 201 cm³/mol. The van der Waals surface area contributed by atoms with Crippen LogP contribution in [0.4, 0.5) is 11.4 Å². The predicted octanol–water partition coefficient (Wildman–Crippen LogP) is 8.05. The van der Waals surface area contributed by atoms with Crippen LogP contribution >= 0.6 is 0 Å². The summed E-state index contributed by atoms with van der Waals surface area (Å²) in [6.45, 7) is 11.6. The Morgan fingerprint density at radius 3 is 1.70 bits per heavy atom. The summed E-state index contributed by atoms with van der Waals surface area (Å²) in [5, 5.41) is 0. The zero-order valence-electron chi connectivity index (χ0n) is 30.5. The third kappa shape index (κ3) is 5.79. The highest BCUT2D eigenvalue weighted by atomic mass is 15.1. The number of anilines is 2. The van der Waals surface area contributed by atoms with E-state index in [0.717, 1.165) is 6.42 Å². The quantitative estimate of drug-likeness (QED) is 0.325. The van der Waals surface area contributed by atoms with Crippen LogP contribution in [0, 0.1) is 0 Å². The second-order valence-corrected chi connectivity index (χ2v) is 14.8. The van der Waals surface area contributed by atoms with E-state index in [1.807, 2.05) is 0 Å². The summed E-state index contributed by atoms with van der Waals surface area (Å²) in [5.74, 6) is 0. The lowest BCUT2D eigenvalue weighted by atomic mass is 9.65. The number of hydrogen-bond donors (Lipinski definition) is 0. The summed E-state index contributed by atoms with van der Waals surface area (Å²) in [6, 6.07) is 13.7. The molecule has 0 heterocycles. The van der Waals surface area contributed by atoms with Crippen molar-refractivity contribution in [1.82, 2.24) is 0 Å². The SMILES string of the molecule is CCC1=C2C=CC(=[N+](C)C)C=C2C(C)(C)c2cc(N(C)C)ccc21.CN(C)c1ccc2c(c1)C(C)(C)C1=CC(=[N+](C)C)C=CC1=C2. The van der Waals surface area contributed by atoms with E-state index in [9.17, 15) is 0 Å². The molecule has 4 heteroatoms. The maximum atomic E-state index is 2.37. The van der Waals surface area contributed by atoms with E-state index in [1.165, 1.54) is 72.9 Å². The molecular weight excluding hydrogens is 560 g/mol. The molecule has 0 N–H and O–H groups in total. The molecule has 6 rings (SSSR count). The number of nitrogens with zero attached hydrogens (tertiary/aromatic N) is 4. The standard InChI is InChI=1S/C22H29N2.C20H25N2/c1-8-17-18-11-9-15(23(4)5)13-20(18)22(2,3)21-14-16(24(6)7)10-12-19(17)21;1-20(2)18-12-16(21(3)4)9-7-14(18)11-15-8-10-17(22(5)6)13-19(15)20/h9-14H,8H2,1-7H3;7-13H,1-6H3/q2*+1. The summed E-state index contributed by atoms with van der Waals surface area (Å²) in [5.41, 5.74) is 17.7. The smallest absolute Gasteiger partial charge is 0.199 e. The monoisotopic (exact) mass is 614 g/mol. The number of fused-ring (bicyclic) bond motifs is 4. The first-order valence-electron chi connectivity index (χ1n) is 16.6. The van der Waals surface area contributed by atoms with Gasteiger partial charge in [0.15, 0.2) is 11.4 Å². The van der Waals surface area contributed by atoms with Gasteiger partial charge in [0.2, 0.25) is 0 Å². The first-order chi connectivity index (χ1) is 21.6. The normalized spacial score (nSPS) is 18.2. The van der Waals surface area contributed by atoms with Gasteiger partial charge < -0.3 is 9.80 Å². The number of rotatable bonds is 3. The molecule has 46 heavy (non-hydrogen) atoms. The molecule has 0 spiro atoms. The van der Waals surface area contributed by atoms with E-state index >= 15 is 0 Å². The molecule has 4 aliphatic carbocycles. The van der Waals surface area contributed by atoms with Crippen molar-refractivity contribution >= 4 is 34.4 Å². The minimum atomic E-state index is 0.00137. The maximum absolute atomic E-state index is 2.37. The lowest BCUT2D eigenvalue weighted by Crippen LogP contribution is -2.30. The van der Waals surface area contributed by atoms with Gasteiger partial charge in [-0.15, -0.1) is 0 Å². The fourth-order valence-corrected chi connectivity index (χ4v) is 7.14. The van der Waals surface area contributed by atoms with Crippen LogP contribution in [0.25, 0.3) is 11.6 Å². The molecule has 0 radical (unpaired) electrons. The fraction of sp³-hybridized carbons (Fsp3) is 0.381. The molecule has 0 saturated heterocycles. The Hall–Kier alpha value is -4.18. The molecule has 0 bridgehead atoms. The molecule has 240 valence electrons. The van der Waals surface area contributed by atoms with E-state index < -0.39 is 0 Å². The first-order valence-corrected chi connectivity index (χ1v) is 16.6.